The number of benzene rings is 1. The lowest BCUT2D eigenvalue weighted by Crippen LogP contribution is -2.44. The minimum absolute atomic E-state index is 0.0445. The Labute approximate surface area is 223 Å². The van der Waals surface area contributed by atoms with E-state index in [1.165, 1.54) is 31.0 Å². The summed E-state index contributed by atoms with van der Waals surface area (Å²) in [6.07, 6.45) is 6.97. The fourth-order valence-corrected chi connectivity index (χ4v) is 8.22. The highest BCUT2D eigenvalue weighted by atomic mass is 32.2. The van der Waals surface area contributed by atoms with Crippen molar-refractivity contribution in [3.05, 3.63) is 40.4 Å². The number of amides is 1. The summed E-state index contributed by atoms with van der Waals surface area (Å²) < 4.78 is 30.7. The van der Waals surface area contributed by atoms with Crippen LogP contribution in [0.15, 0.2) is 24.4 Å². The standard InChI is InChI=1S/C27H35N3O5S2/c1-16-15-28-26(36-16)29-24(32)10-6-18-14-23(31)27(2)12-11-21-20-9-7-19(35-37(33,34)30(3)4)13-17(20)5-8-22(21)25(18)27/h7,9,13,15,18,21-22,25H,5-6,8,10-12,14H2,1-4H3,(H,28,29,32). The second-order valence-electron chi connectivity index (χ2n) is 11.2. The van der Waals surface area contributed by atoms with Crippen molar-refractivity contribution in [1.29, 1.82) is 0 Å². The number of Topliss-reactive ketones (excluding diaryl/α,β-unsaturated/α-hetero) is 1. The highest BCUT2D eigenvalue weighted by Crippen LogP contribution is 2.62. The summed E-state index contributed by atoms with van der Waals surface area (Å²) in [6.45, 7) is 4.10. The number of hydrogen-bond acceptors (Lipinski definition) is 7. The second kappa shape index (κ2) is 9.78. The summed E-state index contributed by atoms with van der Waals surface area (Å²) >= 11 is 1.46. The molecule has 10 heteroatoms. The molecule has 3 aliphatic carbocycles. The van der Waals surface area contributed by atoms with Crippen LogP contribution >= 0.6 is 11.3 Å². The van der Waals surface area contributed by atoms with Gasteiger partial charge in [-0.3, -0.25) is 9.59 Å². The molecule has 1 amide bonds. The van der Waals surface area contributed by atoms with Gasteiger partial charge in [0.05, 0.1) is 0 Å². The molecule has 200 valence electrons. The Kier molecular flexibility index (Phi) is 6.96. The maximum atomic E-state index is 13.2. The number of nitrogens with zero attached hydrogens (tertiary/aromatic N) is 2. The molecule has 0 spiro atoms. The summed E-state index contributed by atoms with van der Waals surface area (Å²) in [4.78, 5) is 31.2. The number of aryl methyl sites for hydroxylation is 2. The molecule has 5 rings (SSSR count). The van der Waals surface area contributed by atoms with E-state index in [2.05, 4.69) is 17.2 Å². The van der Waals surface area contributed by atoms with Gasteiger partial charge >= 0.3 is 10.3 Å². The Morgan fingerprint density at radius 1 is 1.30 bits per heavy atom. The van der Waals surface area contributed by atoms with Crippen LogP contribution in [0.3, 0.4) is 0 Å². The number of ketones is 1. The zero-order valence-corrected chi connectivity index (χ0v) is 23.5. The SMILES string of the molecule is Cc1cnc(NC(=O)CCC2CC(=O)C3(C)CCC4c5ccc(OS(=O)(=O)N(C)C)cc5CCC4C23)s1. The summed E-state index contributed by atoms with van der Waals surface area (Å²) in [5.74, 6) is 1.81. The van der Waals surface area contributed by atoms with Crippen LogP contribution in [0, 0.1) is 30.1 Å². The smallest absolute Gasteiger partial charge is 0.371 e. The third-order valence-corrected chi connectivity index (χ3v) is 10.9. The number of anilines is 1. The third-order valence-electron chi connectivity index (χ3n) is 8.80. The van der Waals surface area contributed by atoms with Crippen molar-refractivity contribution in [2.75, 3.05) is 19.4 Å². The Bertz CT molecular complexity index is 1320. The number of carbonyl (C=O) groups is 2. The van der Waals surface area contributed by atoms with Crippen molar-refractivity contribution in [2.24, 2.45) is 23.2 Å². The van der Waals surface area contributed by atoms with Crippen LogP contribution in [0.1, 0.15) is 67.4 Å². The number of hydrogen-bond donors (Lipinski definition) is 1. The number of aromatic nitrogens is 1. The average molecular weight is 546 g/mol. The second-order valence-corrected chi connectivity index (χ2v) is 14.2. The minimum Gasteiger partial charge on any atom is -0.371 e. The van der Waals surface area contributed by atoms with Crippen molar-refractivity contribution in [2.45, 2.75) is 64.7 Å². The van der Waals surface area contributed by atoms with Gasteiger partial charge in [-0.2, -0.15) is 12.7 Å². The van der Waals surface area contributed by atoms with E-state index >= 15 is 0 Å². The molecule has 0 bridgehead atoms. The molecule has 1 N–H and O–H groups in total. The minimum atomic E-state index is -3.81. The third kappa shape index (κ3) is 4.95. The number of fused-ring (bicyclic) bond motifs is 5. The lowest BCUT2D eigenvalue weighted by Gasteiger charge is -2.50. The zero-order valence-electron chi connectivity index (χ0n) is 21.8. The Morgan fingerprint density at radius 2 is 2.08 bits per heavy atom. The molecular formula is C27H35N3O5S2. The number of carbonyl (C=O) groups excluding carboxylic acids is 2. The predicted molar refractivity (Wildman–Crippen MR) is 143 cm³/mol. The van der Waals surface area contributed by atoms with Crippen LogP contribution in [-0.2, 0) is 26.3 Å². The molecule has 5 unspecified atom stereocenters. The fourth-order valence-electron chi connectivity index (χ4n) is 7.04. The van der Waals surface area contributed by atoms with Gasteiger partial charge in [-0.05, 0) is 86.0 Å². The molecule has 1 heterocycles. The Balaban J connectivity index is 1.32. The number of rotatable bonds is 7. The molecule has 5 atom stereocenters. The molecule has 0 aliphatic heterocycles. The van der Waals surface area contributed by atoms with Crippen molar-refractivity contribution in [3.8, 4) is 5.75 Å². The Morgan fingerprint density at radius 3 is 2.78 bits per heavy atom. The van der Waals surface area contributed by atoms with Crippen molar-refractivity contribution in [1.82, 2.24) is 9.29 Å². The molecule has 37 heavy (non-hydrogen) atoms. The highest BCUT2D eigenvalue weighted by molar-refractivity contribution is 7.84. The Hall–Kier alpha value is -2.30. The summed E-state index contributed by atoms with van der Waals surface area (Å²) in [5, 5.41) is 3.53. The van der Waals surface area contributed by atoms with Gasteiger partial charge < -0.3 is 9.50 Å². The molecule has 1 aromatic heterocycles. The van der Waals surface area contributed by atoms with E-state index in [1.807, 2.05) is 19.1 Å². The van der Waals surface area contributed by atoms with E-state index in [9.17, 15) is 18.0 Å². The zero-order chi connectivity index (χ0) is 26.5. The molecule has 0 saturated heterocycles. The predicted octanol–water partition coefficient (Wildman–Crippen LogP) is 4.71. The van der Waals surface area contributed by atoms with Gasteiger partial charge in [0.2, 0.25) is 5.91 Å². The van der Waals surface area contributed by atoms with Gasteiger partial charge in [0.25, 0.3) is 0 Å². The summed E-state index contributed by atoms with van der Waals surface area (Å²) in [6, 6.07) is 5.63. The molecule has 2 fully saturated rings. The molecular weight excluding hydrogens is 510 g/mol. The van der Waals surface area contributed by atoms with Crippen molar-refractivity contribution < 1.29 is 22.2 Å². The lowest BCUT2D eigenvalue weighted by atomic mass is 9.54. The molecule has 3 aliphatic rings. The van der Waals surface area contributed by atoms with Crippen molar-refractivity contribution >= 4 is 38.5 Å². The first-order chi connectivity index (χ1) is 17.5. The van der Waals surface area contributed by atoms with Crippen LogP contribution in [0.25, 0.3) is 0 Å². The largest absolute Gasteiger partial charge is 0.384 e. The van der Waals surface area contributed by atoms with Crippen LogP contribution < -0.4 is 9.50 Å². The average Bonchev–Trinajstić information content (AvgIpc) is 3.36. The van der Waals surface area contributed by atoms with Gasteiger partial charge in [0.1, 0.15) is 11.5 Å². The summed E-state index contributed by atoms with van der Waals surface area (Å²) in [7, 11) is -0.917. The monoisotopic (exact) mass is 545 g/mol. The normalized spacial score (nSPS) is 28.9. The number of thiazole rings is 1. The maximum absolute atomic E-state index is 13.2. The topological polar surface area (TPSA) is 106 Å². The van der Waals surface area contributed by atoms with E-state index in [0.717, 1.165) is 40.4 Å². The van der Waals surface area contributed by atoms with E-state index < -0.39 is 10.3 Å². The van der Waals surface area contributed by atoms with Gasteiger partial charge in [-0.1, -0.05) is 13.0 Å². The van der Waals surface area contributed by atoms with E-state index in [-0.39, 0.29) is 23.2 Å². The van der Waals surface area contributed by atoms with E-state index in [0.29, 0.717) is 47.8 Å². The maximum Gasteiger partial charge on any atom is 0.384 e. The first-order valence-corrected chi connectivity index (χ1v) is 15.2. The van der Waals surface area contributed by atoms with Crippen LogP contribution in [0.4, 0.5) is 5.13 Å². The molecule has 2 aromatic rings. The van der Waals surface area contributed by atoms with Crippen LogP contribution in [0.5, 0.6) is 5.75 Å². The first kappa shape index (κ1) is 26.3. The molecule has 8 nitrogen and oxygen atoms in total. The summed E-state index contributed by atoms with van der Waals surface area (Å²) in [5.41, 5.74) is 2.06. The van der Waals surface area contributed by atoms with Gasteiger partial charge in [-0.15, -0.1) is 11.3 Å². The quantitative estimate of drug-likeness (QED) is 0.540. The van der Waals surface area contributed by atoms with Crippen LogP contribution in [0.2, 0.25) is 0 Å². The molecule has 0 radical (unpaired) electrons. The van der Waals surface area contributed by atoms with Gasteiger partial charge in [-0.25, -0.2) is 4.98 Å². The van der Waals surface area contributed by atoms with Crippen molar-refractivity contribution in [3.63, 3.8) is 0 Å². The first-order valence-electron chi connectivity index (χ1n) is 13.0. The van der Waals surface area contributed by atoms with Gasteiger partial charge in [0, 0.05) is 43.4 Å². The highest BCUT2D eigenvalue weighted by Gasteiger charge is 2.58. The lowest BCUT2D eigenvalue weighted by molar-refractivity contribution is -0.129. The van der Waals surface area contributed by atoms with E-state index in [1.54, 1.807) is 12.3 Å². The fraction of sp³-hybridized carbons (Fsp3) is 0.593. The number of nitrogens with one attached hydrogen (secondary N) is 1. The molecule has 2 saturated carbocycles. The van der Waals surface area contributed by atoms with E-state index in [4.69, 9.17) is 4.18 Å². The van der Waals surface area contributed by atoms with Gasteiger partial charge in [0.15, 0.2) is 5.13 Å². The van der Waals surface area contributed by atoms with Crippen LogP contribution in [-0.4, -0.2) is 43.5 Å². The molecule has 1 aromatic carbocycles.